The van der Waals surface area contributed by atoms with Crippen LogP contribution in [-0.2, 0) is 0 Å². The Hall–Kier alpha value is -0.300. The van der Waals surface area contributed by atoms with Crippen LogP contribution in [0.15, 0.2) is 11.6 Å². The molecule has 0 radical (unpaired) electrons. The molecule has 13 heavy (non-hydrogen) atoms. The fourth-order valence-electron chi connectivity index (χ4n) is 2.22. The second-order valence-corrected chi connectivity index (χ2v) is 4.30. The van der Waals surface area contributed by atoms with Crippen LogP contribution in [0.5, 0.6) is 0 Å². The highest BCUT2D eigenvalue weighted by molar-refractivity contribution is 5.00. The zero-order valence-corrected chi connectivity index (χ0v) is 9.10. The lowest BCUT2D eigenvalue weighted by molar-refractivity contribution is 0.542. The summed E-state index contributed by atoms with van der Waals surface area (Å²) in [5, 5.41) is 3.17. The molecule has 0 aliphatic heterocycles. The summed E-state index contributed by atoms with van der Waals surface area (Å²) in [4.78, 5) is 0. The van der Waals surface area contributed by atoms with E-state index < -0.39 is 0 Å². The third kappa shape index (κ3) is 4.47. The molecular weight excluding hydrogens is 158 g/mol. The van der Waals surface area contributed by atoms with Gasteiger partial charge in [-0.2, -0.15) is 0 Å². The van der Waals surface area contributed by atoms with Crippen LogP contribution in [0.2, 0.25) is 0 Å². The molecule has 0 spiro atoms. The number of hydrogen-bond acceptors (Lipinski definition) is 1. The third-order valence-electron chi connectivity index (χ3n) is 2.97. The molecule has 0 aromatic heterocycles. The van der Waals surface area contributed by atoms with E-state index in [1.165, 1.54) is 38.5 Å². The van der Waals surface area contributed by atoms with E-state index >= 15 is 0 Å². The molecule has 0 aromatic carbocycles. The predicted molar refractivity (Wildman–Crippen MR) is 58.9 cm³/mol. The SMILES string of the molecule is CNCCC=C(C)CC1CCCC1. The van der Waals surface area contributed by atoms with E-state index in [2.05, 4.69) is 18.3 Å². The number of hydrogen-bond donors (Lipinski definition) is 1. The van der Waals surface area contributed by atoms with Crippen molar-refractivity contribution in [2.45, 2.75) is 45.4 Å². The molecule has 1 heteroatoms. The van der Waals surface area contributed by atoms with Gasteiger partial charge in [0.05, 0.1) is 0 Å². The van der Waals surface area contributed by atoms with Gasteiger partial charge in [-0.05, 0) is 39.3 Å². The Morgan fingerprint density at radius 1 is 1.38 bits per heavy atom. The molecule has 1 nitrogen and oxygen atoms in total. The van der Waals surface area contributed by atoms with Crippen LogP contribution in [0, 0.1) is 5.92 Å². The summed E-state index contributed by atoms with van der Waals surface area (Å²) in [6.07, 6.45) is 10.8. The molecule has 0 aromatic rings. The summed E-state index contributed by atoms with van der Waals surface area (Å²) in [6.45, 7) is 3.40. The minimum Gasteiger partial charge on any atom is -0.319 e. The van der Waals surface area contributed by atoms with Crippen molar-refractivity contribution in [2.75, 3.05) is 13.6 Å². The van der Waals surface area contributed by atoms with Crippen LogP contribution >= 0.6 is 0 Å². The highest BCUT2D eigenvalue weighted by Gasteiger charge is 2.14. The van der Waals surface area contributed by atoms with Crippen LogP contribution in [0.25, 0.3) is 0 Å². The van der Waals surface area contributed by atoms with E-state index in [4.69, 9.17) is 0 Å². The number of nitrogens with one attached hydrogen (secondary N) is 1. The topological polar surface area (TPSA) is 12.0 Å². The average Bonchev–Trinajstić information content (AvgIpc) is 2.57. The van der Waals surface area contributed by atoms with Crippen LogP contribution in [0.3, 0.4) is 0 Å². The Balaban J connectivity index is 2.14. The van der Waals surface area contributed by atoms with Gasteiger partial charge in [-0.1, -0.05) is 37.3 Å². The summed E-state index contributed by atoms with van der Waals surface area (Å²) in [5.74, 6) is 1.01. The van der Waals surface area contributed by atoms with Crippen LogP contribution in [0.4, 0.5) is 0 Å². The summed E-state index contributed by atoms with van der Waals surface area (Å²) in [6, 6.07) is 0. The molecule has 0 atom stereocenters. The summed E-state index contributed by atoms with van der Waals surface area (Å²) >= 11 is 0. The van der Waals surface area contributed by atoms with Crippen molar-refractivity contribution in [3.8, 4) is 0 Å². The second kappa shape index (κ2) is 6.20. The van der Waals surface area contributed by atoms with Crippen LogP contribution in [-0.4, -0.2) is 13.6 Å². The standard InChI is InChI=1S/C12H23N/c1-11(6-5-9-13-2)10-12-7-3-4-8-12/h6,12-13H,3-5,7-10H2,1-2H3. The Morgan fingerprint density at radius 2 is 2.08 bits per heavy atom. The van der Waals surface area contributed by atoms with Crippen molar-refractivity contribution >= 4 is 0 Å². The molecule has 0 saturated heterocycles. The van der Waals surface area contributed by atoms with Gasteiger partial charge in [0, 0.05) is 0 Å². The molecule has 1 fully saturated rings. The van der Waals surface area contributed by atoms with Gasteiger partial charge in [-0.25, -0.2) is 0 Å². The van der Waals surface area contributed by atoms with E-state index in [-0.39, 0.29) is 0 Å². The van der Waals surface area contributed by atoms with E-state index in [0.29, 0.717) is 0 Å². The molecule has 1 rings (SSSR count). The maximum Gasteiger partial charge on any atom is -0.00172 e. The predicted octanol–water partition coefficient (Wildman–Crippen LogP) is 3.12. The molecule has 1 N–H and O–H groups in total. The molecule has 0 bridgehead atoms. The first-order valence-corrected chi connectivity index (χ1v) is 5.63. The van der Waals surface area contributed by atoms with E-state index in [0.717, 1.165) is 12.5 Å². The Kier molecular flexibility index (Phi) is 5.14. The molecule has 0 unspecified atom stereocenters. The first-order valence-electron chi connectivity index (χ1n) is 5.63. The molecule has 1 aliphatic carbocycles. The van der Waals surface area contributed by atoms with E-state index in [9.17, 15) is 0 Å². The van der Waals surface area contributed by atoms with Crippen molar-refractivity contribution in [1.82, 2.24) is 5.32 Å². The summed E-state index contributed by atoms with van der Waals surface area (Å²) in [5.41, 5.74) is 1.60. The van der Waals surface area contributed by atoms with Gasteiger partial charge < -0.3 is 5.32 Å². The first-order chi connectivity index (χ1) is 6.33. The zero-order chi connectivity index (χ0) is 9.52. The van der Waals surface area contributed by atoms with Crippen molar-refractivity contribution in [2.24, 2.45) is 5.92 Å². The van der Waals surface area contributed by atoms with E-state index in [1.54, 1.807) is 5.57 Å². The van der Waals surface area contributed by atoms with Crippen LogP contribution in [0.1, 0.15) is 45.4 Å². The van der Waals surface area contributed by atoms with Gasteiger partial charge in [0.15, 0.2) is 0 Å². The van der Waals surface area contributed by atoms with Gasteiger partial charge in [0.1, 0.15) is 0 Å². The van der Waals surface area contributed by atoms with Crippen molar-refractivity contribution in [3.63, 3.8) is 0 Å². The Morgan fingerprint density at radius 3 is 2.69 bits per heavy atom. The monoisotopic (exact) mass is 181 g/mol. The van der Waals surface area contributed by atoms with Crippen molar-refractivity contribution in [1.29, 1.82) is 0 Å². The second-order valence-electron chi connectivity index (χ2n) is 4.30. The first kappa shape index (κ1) is 10.8. The van der Waals surface area contributed by atoms with Crippen molar-refractivity contribution in [3.05, 3.63) is 11.6 Å². The molecule has 1 saturated carbocycles. The maximum atomic E-state index is 3.17. The highest BCUT2D eigenvalue weighted by Crippen LogP contribution is 2.29. The Bertz CT molecular complexity index is 155. The average molecular weight is 181 g/mol. The normalized spacial score (nSPS) is 19.7. The minimum atomic E-state index is 1.01. The molecule has 0 heterocycles. The number of rotatable bonds is 5. The molecule has 0 amide bonds. The maximum absolute atomic E-state index is 3.17. The van der Waals surface area contributed by atoms with Gasteiger partial charge in [-0.15, -0.1) is 0 Å². The number of allylic oxidation sites excluding steroid dienone is 1. The van der Waals surface area contributed by atoms with Gasteiger partial charge in [0.2, 0.25) is 0 Å². The van der Waals surface area contributed by atoms with Crippen LogP contribution < -0.4 is 5.32 Å². The Labute approximate surface area is 82.6 Å². The smallest absolute Gasteiger partial charge is 0.00172 e. The van der Waals surface area contributed by atoms with Gasteiger partial charge in [-0.3, -0.25) is 0 Å². The zero-order valence-electron chi connectivity index (χ0n) is 9.10. The van der Waals surface area contributed by atoms with E-state index in [1.807, 2.05) is 7.05 Å². The van der Waals surface area contributed by atoms with Gasteiger partial charge >= 0.3 is 0 Å². The lowest BCUT2D eigenvalue weighted by Gasteiger charge is -2.08. The summed E-state index contributed by atoms with van der Waals surface area (Å²) < 4.78 is 0. The highest BCUT2D eigenvalue weighted by atomic mass is 14.8. The van der Waals surface area contributed by atoms with Gasteiger partial charge in [0.25, 0.3) is 0 Å². The fourth-order valence-corrected chi connectivity index (χ4v) is 2.22. The minimum absolute atomic E-state index is 1.01. The molecule has 76 valence electrons. The third-order valence-corrected chi connectivity index (χ3v) is 2.97. The lowest BCUT2D eigenvalue weighted by atomic mass is 9.98. The summed E-state index contributed by atoms with van der Waals surface area (Å²) in [7, 11) is 2.01. The molecule has 1 aliphatic rings. The lowest BCUT2D eigenvalue weighted by Crippen LogP contribution is -2.06. The van der Waals surface area contributed by atoms with Crippen molar-refractivity contribution < 1.29 is 0 Å². The quantitative estimate of drug-likeness (QED) is 0.507. The molecular formula is C12H23N. The largest absolute Gasteiger partial charge is 0.319 e. The fraction of sp³-hybridized carbons (Fsp3) is 0.833.